The zero-order valence-corrected chi connectivity index (χ0v) is 26.0. The summed E-state index contributed by atoms with van der Waals surface area (Å²) in [4.78, 5) is 36.0. The standard InChI is InChI=1S/C31H51NO8/c1-11-38-27(34)18-39-26-16-21(12-13-23(26)30(5,6)7)15-22(19(2)3)17-24(25(33)14-20(4)28(35)36)32-29(37)40-31(8,9)10/h12-13,16,19-20,22,24-25,33H,11,14-15,17-18H2,1-10H3,(H,32,37)(H,35,36)/t20-,22+,24+,25+/m1/s1. The number of amides is 1. The van der Waals surface area contributed by atoms with Crippen molar-refractivity contribution in [1.82, 2.24) is 5.32 Å². The summed E-state index contributed by atoms with van der Waals surface area (Å²) in [7, 11) is 0. The van der Waals surface area contributed by atoms with Gasteiger partial charge in [0.25, 0.3) is 0 Å². The number of hydrogen-bond donors (Lipinski definition) is 3. The van der Waals surface area contributed by atoms with Crippen molar-refractivity contribution in [2.45, 2.75) is 112 Å². The van der Waals surface area contributed by atoms with Crippen LogP contribution in [0, 0.1) is 17.8 Å². The summed E-state index contributed by atoms with van der Waals surface area (Å²) in [5.41, 5.74) is 1.01. The van der Waals surface area contributed by atoms with Crippen LogP contribution in [0.15, 0.2) is 18.2 Å². The fourth-order valence-corrected chi connectivity index (χ4v) is 4.39. The van der Waals surface area contributed by atoms with E-state index < -0.39 is 41.7 Å². The van der Waals surface area contributed by atoms with Gasteiger partial charge in [-0.3, -0.25) is 4.79 Å². The fourth-order valence-electron chi connectivity index (χ4n) is 4.39. The monoisotopic (exact) mass is 565 g/mol. The molecular weight excluding hydrogens is 514 g/mol. The number of aliphatic carboxylic acids is 1. The van der Waals surface area contributed by atoms with Gasteiger partial charge in [0.1, 0.15) is 11.4 Å². The van der Waals surface area contributed by atoms with Crippen molar-refractivity contribution in [3.63, 3.8) is 0 Å². The lowest BCUT2D eigenvalue weighted by Gasteiger charge is -2.32. The Morgan fingerprint density at radius 3 is 2.12 bits per heavy atom. The molecular formula is C31H51NO8. The van der Waals surface area contributed by atoms with Crippen LogP contribution in [0.4, 0.5) is 4.79 Å². The predicted molar refractivity (Wildman–Crippen MR) is 155 cm³/mol. The van der Waals surface area contributed by atoms with E-state index in [1.807, 2.05) is 18.2 Å². The summed E-state index contributed by atoms with van der Waals surface area (Å²) in [5.74, 6) is -1.41. The lowest BCUT2D eigenvalue weighted by atomic mass is 9.80. The Balaban J connectivity index is 3.26. The van der Waals surface area contributed by atoms with Crippen LogP contribution >= 0.6 is 0 Å². The average molecular weight is 566 g/mol. The van der Waals surface area contributed by atoms with Gasteiger partial charge in [-0.05, 0) is 81.4 Å². The number of nitrogens with one attached hydrogen (secondary N) is 1. The first kappa shape index (κ1) is 35.2. The highest BCUT2D eigenvalue weighted by atomic mass is 16.6. The second kappa shape index (κ2) is 15.3. The number of rotatable bonds is 14. The summed E-state index contributed by atoms with van der Waals surface area (Å²) in [6.45, 7) is 19.0. The number of ether oxygens (including phenoxy) is 3. The van der Waals surface area contributed by atoms with Gasteiger partial charge in [-0.1, -0.05) is 53.7 Å². The molecule has 40 heavy (non-hydrogen) atoms. The van der Waals surface area contributed by atoms with Crippen LogP contribution in [0.5, 0.6) is 5.75 Å². The Bertz CT molecular complexity index is 977. The van der Waals surface area contributed by atoms with E-state index in [2.05, 4.69) is 39.9 Å². The van der Waals surface area contributed by atoms with Gasteiger partial charge in [-0.15, -0.1) is 0 Å². The van der Waals surface area contributed by atoms with E-state index in [1.165, 1.54) is 6.92 Å². The number of aliphatic hydroxyl groups is 1. The van der Waals surface area contributed by atoms with Crippen LogP contribution in [0.3, 0.4) is 0 Å². The maximum Gasteiger partial charge on any atom is 0.407 e. The minimum Gasteiger partial charge on any atom is -0.482 e. The van der Waals surface area contributed by atoms with Crippen molar-refractivity contribution in [1.29, 1.82) is 0 Å². The Labute approximate surface area is 240 Å². The maximum atomic E-state index is 12.6. The third kappa shape index (κ3) is 12.6. The second-order valence-electron chi connectivity index (χ2n) is 12.9. The molecule has 0 aliphatic heterocycles. The molecule has 1 rings (SSSR count). The molecule has 0 saturated carbocycles. The summed E-state index contributed by atoms with van der Waals surface area (Å²) in [6.07, 6.45) is -0.722. The topological polar surface area (TPSA) is 131 Å². The van der Waals surface area contributed by atoms with Crippen molar-refractivity contribution in [3.05, 3.63) is 29.3 Å². The number of carboxylic acids is 1. The van der Waals surface area contributed by atoms with E-state index >= 15 is 0 Å². The number of aliphatic hydroxyl groups excluding tert-OH is 1. The van der Waals surface area contributed by atoms with Gasteiger partial charge < -0.3 is 29.7 Å². The number of alkyl carbamates (subject to hydrolysis) is 1. The number of benzene rings is 1. The maximum absolute atomic E-state index is 12.6. The number of carbonyl (C=O) groups is 3. The lowest BCUT2D eigenvalue weighted by Crippen LogP contribution is -2.47. The molecule has 0 fully saturated rings. The number of hydrogen-bond acceptors (Lipinski definition) is 7. The van der Waals surface area contributed by atoms with Gasteiger partial charge in [-0.2, -0.15) is 0 Å². The molecule has 0 radical (unpaired) electrons. The molecule has 0 unspecified atom stereocenters. The highest BCUT2D eigenvalue weighted by molar-refractivity contribution is 5.71. The molecule has 0 heterocycles. The molecule has 9 heteroatoms. The summed E-state index contributed by atoms with van der Waals surface area (Å²) < 4.78 is 16.3. The van der Waals surface area contributed by atoms with Gasteiger partial charge in [-0.25, -0.2) is 9.59 Å². The van der Waals surface area contributed by atoms with Gasteiger partial charge in [0.15, 0.2) is 6.61 Å². The van der Waals surface area contributed by atoms with Crippen molar-refractivity contribution >= 4 is 18.0 Å². The van der Waals surface area contributed by atoms with E-state index in [0.717, 1.165) is 11.1 Å². The molecule has 1 amide bonds. The quantitative estimate of drug-likeness (QED) is 0.252. The smallest absolute Gasteiger partial charge is 0.407 e. The van der Waals surface area contributed by atoms with Crippen molar-refractivity contribution in [2.24, 2.45) is 17.8 Å². The minimum absolute atomic E-state index is 0.00720. The molecule has 3 N–H and O–H groups in total. The van der Waals surface area contributed by atoms with Gasteiger partial charge in [0.2, 0.25) is 0 Å². The van der Waals surface area contributed by atoms with Crippen LogP contribution in [-0.2, 0) is 30.9 Å². The molecule has 228 valence electrons. The van der Waals surface area contributed by atoms with E-state index in [0.29, 0.717) is 18.6 Å². The highest BCUT2D eigenvalue weighted by Crippen LogP contribution is 2.34. The van der Waals surface area contributed by atoms with E-state index in [1.54, 1.807) is 27.7 Å². The van der Waals surface area contributed by atoms with Crippen LogP contribution in [0.2, 0.25) is 0 Å². The second-order valence-corrected chi connectivity index (χ2v) is 12.9. The molecule has 0 aliphatic rings. The molecule has 0 aliphatic carbocycles. The number of esters is 1. The molecule has 0 spiro atoms. The normalized spacial score (nSPS) is 15.1. The van der Waals surface area contributed by atoms with E-state index in [4.69, 9.17) is 14.2 Å². The SMILES string of the molecule is CCOC(=O)COc1cc(C[C@@H](C[C@H](NC(=O)OC(C)(C)C)[C@@H](O)C[C@@H](C)C(=O)O)C(C)C)ccc1C(C)(C)C. The molecule has 0 bridgehead atoms. The molecule has 9 nitrogen and oxygen atoms in total. The van der Waals surface area contributed by atoms with Crippen molar-refractivity contribution < 1.29 is 38.8 Å². The molecule has 1 aromatic carbocycles. The third-order valence-corrected chi connectivity index (χ3v) is 6.69. The largest absolute Gasteiger partial charge is 0.482 e. The highest BCUT2D eigenvalue weighted by Gasteiger charge is 2.31. The zero-order chi connectivity index (χ0) is 30.8. The first-order chi connectivity index (χ1) is 18.3. The van der Waals surface area contributed by atoms with Gasteiger partial charge in [0.05, 0.1) is 24.7 Å². The first-order valence-corrected chi connectivity index (χ1v) is 14.2. The predicted octanol–water partition coefficient (Wildman–Crippen LogP) is 5.50. The van der Waals surface area contributed by atoms with Crippen LogP contribution in [0.25, 0.3) is 0 Å². The molecule has 4 atom stereocenters. The van der Waals surface area contributed by atoms with E-state index in [9.17, 15) is 24.6 Å². The summed E-state index contributed by atoms with van der Waals surface area (Å²) in [5, 5.41) is 23.2. The summed E-state index contributed by atoms with van der Waals surface area (Å²) in [6, 6.07) is 5.27. The minimum atomic E-state index is -1.08. The van der Waals surface area contributed by atoms with Gasteiger partial charge in [0, 0.05) is 0 Å². The molecule has 0 saturated heterocycles. The lowest BCUT2D eigenvalue weighted by molar-refractivity contribution is -0.145. The fraction of sp³-hybridized carbons (Fsp3) is 0.710. The zero-order valence-electron chi connectivity index (χ0n) is 26.0. The average Bonchev–Trinajstić information content (AvgIpc) is 2.79. The number of carbonyl (C=O) groups excluding carboxylic acids is 2. The Morgan fingerprint density at radius 1 is 1.00 bits per heavy atom. The van der Waals surface area contributed by atoms with Crippen molar-refractivity contribution in [2.75, 3.05) is 13.2 Å². The van der Waals surface area contributed by atoms with Crippen LogP contribution in [0.1, 0.15) is 93.2 Å². The number of carboxylic acid groups (broad SMARTS) is 1. The molecule has 0 aromatic heterocycles. The Morgan fingerprint density at radius 2 is 1.62 bits per heavy atom. The Hall–Kier alpha value is -2.81. The van der Waals surface area contributed by atoms with Crippen molar-refractivity contribution in [3.8, 4) is 5.75 Å². The van der Waals surface area contributed by atoms with Gasteiger partial charge >= 0.3 is 18.0 Å². The Kier molecular flexibility index (Phi) is 13.4. The van der Waals surface area contributed by atoms with Crippen LogP contribution in [-0.4, -0.2) is 59.2 Å². The first-order valence-electron chi connectivity index (χ1n) is 14.2. The summed E-state index contributed by atoms with van der Waals surface area (Å²) >= 11 is 0. The van der Waals surface area contributed by atoms with Crippen LogP contribution < -0.4 is 10.1 Å². The molecule has 1 aromatic rings. The third-order valence-electron chi connectivity index (χ3n) is 6.69. The van der Waals surface area contributed by atoms with E-state index in [-0.39, 0.29) is 36.9 Å².